The Morgan fingerprint density at radius 1 is 1.04 bits per heavy atom. The molecule has 2 atom stereocenters. The number of carboxylic acid groups (broad SMARTS) is 1. The number of sulfonamides is 1. The van der Waals surface area contributed by atoms with Gasteiger partial charge in [-0.1, -0.05) is 48.0 Å². The highest BCUT2D eigenvalue weighted by molar-refractivity contribution is 7.89. The van der Waals surface area contributed by atoms with Gasteiger partial charge in [0, 0.05) is 0 Å². The van der Waals surface area contributed by atoms with Gasteiger partial charge < -0.3 is 5.11 Å². The van der Waals surface area contributed by atoms with Gasteiger partial charge in [-0.3, -0.25) is 4.79 Å². The molecule has 0 saturated carbocycles. The number of aryl methyl sites for hydroxylation is 1. The molecule has 1 aliphatic heterocycles. The average molecular weight is 345 g/mol. The first-order valence-electron chi connectivity index (χ1n) is 7.79. The van der Waals surface area contributed by atoms with Crippen LogP contribution in [0.4, 0.5) is 0 Å². The first-order valence-corrected chi connectivity index (χ1v) is 9.23. The molecule has 5 nitrogen and oxygen atoms in total. The monoisotopic (exact) mass is 345 g/mol. The van der Waals surface area contributed by atoms with Crippen molar-refractivity contribution in [2.45, 2.75) is 36.7 Å². The Balaban J connectivity index is 2.07. The van der Waals surface area contributed by atoms with E-state index in [1.807, 2.05) is 37.3 Å². The van der Waals surface area contributed by atoms with E-state index in [1.165, 1.54) is 12.1 Å². The largest absolute Gasteiger partial charge is 0.480 e. The summed E-state index contributed by atoms with van der Waals surface area (Å²) < 4.78 is 27.4. The zero-order valence-corrected chi connectivity index (χ0v) is 14.1. The lowest BCUT2D eigenvalue weighted by Gasteiger charge is -2.27. The molecule has 0 aliphatic carbocycles. The van der Waals surface area contributed by atoms with E-state index in [2.05, 4.69) is 0 Å². The topological polar surface area (TPSA) is 74.7 Å². The second-order valence-corrected chi connectivity index (χ2v) is 7.85. The number of carbonyl (C=O) groups is 1. The summed E-state index contributed by atoms with van der Waals surface area (Å²) in [6.45, 7) is 1.87. The van der Waals surface area contributed by atoms with Crippen molar-refractivity contribution >= 4 is 16.0 Å². The summed E-state index contributed by atoms with van der Waals surface area (Å²) in [6, 6.07) is 14.2. The van der Waals surface area contributed by atoms with E-state index in [1.54, 1.807) is 12.1 Å². The molecule has 6 heteroatoms. The van der Waals surface area contributed by atoms with Crippen molar-refractivity contribution in [3.05, 3.63) is 65.7 Å². The van der Waals surface area contributed by atoms with Crippen LogP contribution in [0.25, 0.3) is 0 Å². The molecule has 1 N–H and O–H groups in total. The predicted octanol–water partition coefficient (Wildman–Crippen LogP) is 2.97. The highest BCUT2D eigenvalue weighted by Gasteiger charge is 2.46. The van der Waals surface area contributed by atoms with Gasteiger partial charge in [-0.15, -0.1) is 0 Å². The van der Waals surface area contributed by atoms with Gasteiger partial charge >= 0.3 is 5.97 Å². The molecule has 126 valence electrons. The lowest BCUT2D eigenvalue weighted by molar-refractivity contribution is -0.140. The number of nitrogens with zero attached hydrogens (tertiary/aromatic N) is 1. The zero-order valence-electron chi connectivity index (χ0n) is 13.3. The fourth-order valence-corrected chi connectivity index (χ4v) is 4.99. The minimum atomic E-state index is -3.89. The predicted molar refractivity (Wildman–Crippen MR) is 90.0 cm³/mol. The lowest BCUT2D eigenvalue weighted by atomic mass is 10.1. The van der Waals surface area contributed by atoms with Crippen LogP contribution in [0.3, 0.4) is 0 Å². The van der Waals surface area contributed by atoms with Gasteiger partial charge in [-0.2, -0.15) is 4.31 Å². The van der Waals surface area contributed by atoms with Gasteiger partial charge in [0.2, 0.25) is 10.0 Å². The van der Waals surface area contributed by atoms with E-state index in [9.17, 15) is 18.3 Å². The number of carboxylic acids is 1. The van der Waals surface area contributed by atoms with E-state index in [0.29, 0.717) is 12.8 Å². The van der Waals surface area contributed by atoms with Crippen LogP contribution in [0.5, 0.6) is 0 Å². The molecule has 0 aromatic heterocycles. The van der Waals surface area contributed by atoms with E-state index in [0.717, 1.165) is 15.4 Å². The molecule has 24 heavy (non-hydrogen) atoms. The van der Waals surface area contributed by atoms with Crippen LogP contribution >= 0.6 is 0 Å². The van der Waals surface area contributed by atoms with Crippen LogP contribution in [0.2, 0.25) is 0 Å². The van der Waals surface area contributed by atoms with Crippen molar-refractivity contribution in [3.8, 4) is 0 Å². The second kappa shape index (κ2) is 6.37. The van der Waals surface area contributed by atoms with Crippen molar-refractivity contribution in [3.63, 3.8) is 0 Å². The lowest BCUT2D eigenvalue weighted by Crippen LogP contribution is -2.41. The van der Waals surface area contributed by atoms with Gasteiger partial charge in [0.15, 0.2) is 0 Å². The van der Waals surface area contributed by atoms with Crippen LogP contribution in [0.1, 0.15) is 30.0 Å². The van der Waals surface area contributed by atoms with E-state index >= 15 is 0 Å². The molecule has 0 spiro atoms. The Bertz CT molecular complexity index is 831. The quantitative estimate of drug-likeness (QED) is 0.924. The molecule has 1 heterocycles. The Morgan fingerprint density at radius 2 is 1.67 bits per heavy atom. The first kappa shape index (κ1) is 16.7. The number of hydrogen-bond donors (Lipinski definition) is 1. The smallest absolute Gasteiger partial charge is 0.322 e. The maximum absolute atomic E-state index is 13.1. The minimum Gasteiger partial charge on any atom is -0.480 e. The molecule has 2 aromatic carbocycles. The average Bonchev–Trinajstić information content (AvgIpc) is 3.02. The summed E-state index contributed by atoms with van der Waals surface area (Å²) in [5.41, 5.74) is 1.77. The summed E-state index contributed by atoms with van der Waals surface area (Å²) in [5.74, 6) is -1.11. The van der Waals surface area contributed by atoms with Crippen molar-refractivity contribution in [1.82, 2.24) is 4.31 Å². The van der Waals surface area contributed by atoms with Gasteiger partial charge in [0.1, 0.15) is 6.04 Å². The van der Waals surface area contributed by atoms with Crippen molar-refractivity contribution in [2.75, 3.05) is 0 Å². The van der Waals surface area contributed by atoms with Crippen LogP contribution < -0.4 is 0 Å². The number of aliphatic carboxylic acids is 1. The molecule has 2 unspecified atom stereocenters. The Kier molecular flexibility index (Phi) is 4.43. The zero-order chi connectivity index (χ0) is 17.3. The second-order valence-electron chi connectivity index (χ2n) is 6.01. The number of rotatable bonds is 4. The Hall–Kier alpha value is -2.18. The van der Waals surface area contributed by atoms with E-state index in [-0.39, 0.29) is 4.90 Å². The SMILES string of the molecule is Cc1ccc(S(=O)(=O)N2C(C(=O)O)CCC2c2ccccc2)cc1. The van der Waals surface area contributed by atoms with Crippen molar-refractivity contribution in [1.29, 1.82) is 0 Å². The molecular formula is C18H19NO4S. The maximum Gasteiger partial charge on any atom is 0.322 e. The Labute approximate surface area is 141 Å². The van der Waals surface area contributed by atoms with Gasteiger partial charge in [0.05, 0.1) is 10.9 Å². The van der Waals surface area contributed by atoms with Gasteiger partial charge in [0.25, 0.3) is 0 Å². The summed E-state index contributed by atoms with van der Waals surface area (Å²) in [6.07, 6.45) is 0.798. The highest BCUT2D eigenvalue weighted by Crippen LogP contribution is 2.40. The maximum atomic E-state index is 13.1. The van der Waals surface area contributed by atoms with Crippen LogP contribution in [0.15, 0.2) is 59.5 Å². The number of benzene rings is 2. The summed E-state index contributed by atoms with van der Waals surface area (Å²) in [7, 11) is -3.89. The summed E-state index contributed by atoms with van der Waals surface area (Å²) in [5, 5.41) is 9.50. The minimum absolute atomic E-state index is 0.127. The van der Waals surface area contributed by atoms with Crippen LogP contribution in [-0.4, -0.2) is 29.8 Å². The summed E-state index contributed by atoms with van der Waals surface area (Å²) in [4.78, 5) is 11.7. The fourth-order valence-electron chi connectivity index (χ4n) is 3.18. The Morgan fingerprint density at radius 3 is 2.25 bits per heavy atom. The van der Waals surface area contributed by atoms with Crippen LogP contribution in [0, 0.1) is 6.92 Å². The third-order valence-electron chi connectivity index (χ3n) is 4.39. The molecule has 1 saturated heterocycles. The first-order chi connectivity index (χ1) is 11.4. The molecule has 1 aliphatic rings. The molecule has 0 amide bonds. The van der Waals surface area contributed by atoms with Gasteiger partial charge in [-0.05, 0) is 37.5 Å². The van der Waals surface area contributed by atoms with Crippen LogP contribution in [-0.2, 0) is 14.8 Å². The van der Waals surface area contributed by atoms with Crippen molar-refractivity contribution in [2.24, 2.45) is 0 Å². The fraction of sp³-hybridized carbons (Fsp3) is 0.278. The molecule has 1 fully saturated rings. The molecule has 3 rings (SSSR count). The van der Waals surface area contributed by atoms with E-state index < -0.39 is 28.1 Å². The third kappa shape index (κ3) is 2.95. The molecule has 0 bridgehead atoms. The molecule has 2 aromatic rings. The molecular weight excluding hydrogens is 326 g/mol. The highest BCUT2D eigenvalue weighted by atomic mass is 32.2. The van der Waals surface area contributed by atoms with E-state index in [4.69, 9.17) is 0 Å². The normalized spacial score (nSPS) is 21.7. The van der Waals surface area contributed by atoms with Crippen molar-refractivity contribution < 1.29 is 18.3 Å². The standard InChI is InChI=1S/C18H19NO4S/c1-13-7-9-15(10-8-13)24(22,23)19-16(11-12-17(19)18(20)21)14-5-3-2-4-6-14/h2-10,16-17H,11-12H2,1H3,(H,20,21). The summed E-state index contributed by atoms with van der Waals surface area (Å²) >= 11 is 0. The third-order valence-corrected chi connectivity index (χ3v) is 6.33. The molecule has 0 radical (unpaired) electrons. The number of hydrogen-bond acceptors (Lipinski definition) is 3. The van der Waals surface area contributed by atoms with Gasteiger partial charge in [-0.25, -0.2) is 8.42 Å².